The summed E-state index contributed by atoms with van der Waals surface area (Å²) >= 11 is 3.74. The lowest BCUT2D eigenvalue weighted by Crippen LogP contribution is -2.28. The third-order valence-corrected chi connectivity index (χ3v) is 29.6. The van der Waals surface area contributed by atoms with Crippen molar-refractivity contribution in [3.05, 3.63) is 592 Å². The summed E-state index contributed by atoms with van der Waals surface area (Å²) < 4.78 is 18.7. The molecule has 0 heterocycles. The molecule has 683 valence electrons. The second-order valence-corrected chi connectivity index (χ2v) is 38.8. The standard InChI is InChI=1S/C67H51NO.C34H25BrO.C33H27BNO2/c1-4-46-23-25-47(26-24-46)45-69-57-39-32-53(33-40-57)67(52-17-9-6-10-18-52)63-22-14-12-20-59(63)61-41-31-51(43-65(61)67)50-29-36-55(37-30-50)68(54-34-27-49(28-35-54)48-15-7-5-8-16-48)56-38-42-60-58-19-11-13-21-62(58)66(2,3)64(60)44-56;1-2-24-12-14-25(15-13-24)23-36-29-19-16-27(17-20-29)34(26-8-4-3-5-9-26)32-11-7-6-10-30(32)31-21-18-28(35)22-33(31)34;1-33(2)31-11-7-6-10-29(31)30-21-18-27(22-32(30)33)35(26-16-19-28(20-17-26)37-34-36)25-14-12-24(13-15-25)23-8-4-3-5-9-23/h4-44H,1,45H2,2-3H3;2-22H,1,23H2;3-22,36H,1-2H3. The van der Waals surface area contributed by atoms with Crippen LogP contribution < -0.4 is 23.9 Å². The third-order valence-electron chi connectivity index (χ3n) is 29.1. The molecule has 2 unspecified atom stereocenters. The molecule has 0 saturated carbocycles. The van der Waals surface area contributed by atoms with Gasteiger partial charge < -0.3 is 29.0 Å². The fourth-order valence-corrected chi connectivity index (χ4v) is 22.4. The van der Waals surface area contributed by atoms with E-state index in [4.69, 9.17) is 19.2 Å². The molecule has 1 N–H and O–H groups in total. The summed E-state index contributed by atoms with van der Waals surface area (Å²) in [5.74, 6) is 2.27. The van der Waals surface area contributed by atoms with Crippen LogP contribution in [0, 0.1) is 0 Å². The zero-order chi connectivity index (χ0) is 96.5. The summed E-state index contributed by atoms with van der Waals surface area (Å²) in [4.78, 5) is 4.67. The molecule has 2 atom stereocenters. The highest BCUT2D eigenvalue weighted by atomic mass is 79.9. The molecule has 0 aliphatic heterocycles. The molecule has 8 heteroatoms. The molecule has 20 aromatic carbocycles. The molecule has 4 aliphatic carbocycles. The van der Waals surface area contributed by atoms with Crippen LogP contribution in [-0.2, 0) is 34.9 Å². The van der Waals surface area contributed by atoms with Crippen molar-refractivity contribution in [2.75, 3.05) is 9.80 Å². The zero-order valence-electron chi connectivity index (χ0n) is 79.7. The van der Waals surface area contributed by atoms with E-state index >= 15 is 0 Å². The van der Waals surface area contributed by atoms with Crippen molar-refractivity contribution in [3.63, 3.8) is 0 Å². The van der Waals surface area contributed by atoms with Crippen molar-refractivity contribution in [3.8, 4) is 95.1 Å². The number of nitrogens with zero attached hydrogens (tertiary/aromatic N) is 2. The first-order valence-electron chi connectivity index (χ1n) is 48.5. The smallest absolute Gasteiger partial charge is 0.537 e. The van der Waals surface area contributed by atoms with Crippen LogP contribution in [0.15, 0.2) is 503 Å². The van der Waals surface area contributed by atoms with Gasteiger partial charge in [-0.15, -0.1) is 0 Å². The van der Waals surface area contributed by atoms with Crippen LogP contribution >= 0.6 is 15.9 Å². The summed E-state index contributed by atoms with van der Waals surface area (Å²) in [6.07, 6.45) is 3.71. The molecule has 20 aromatic rings. The first kappa shape index (κ1) is 90.5. The average Bonchev–Trinajstić information content (AvgIpc) is 1.54. The number of hydrogen-bond donors (Lipinski definition) is 1. The van der Waals surface area contributed by atoms with Gasteiger partial charge in [-0.3, -0.25) is 0 Å². The molecule has 0 aromatic heterocycles. The minimum atomic E-state index is -0.550. The molecule has 0 saturated heterocycles. The maximum atomic E-state index is 9.03. The van der Waals surface area contributed by atoms with Gasteiger partial charge in [-0.05, 0) is 294 Å². The van der Waals surface area contributed by atoms with Gasteiger partial charge in [-0.25, -0.2) is 0 Å². The van der Waals surface area contributed by atoms with Gasteiger partial charge in [0.15, 0.2) is 0 Å². The van der Waals surface area contributed by atoms with Gasteiger partial charge in [0.1, 0.15) is 30.5 Å². The van der Waals surface area contributed by atoms with Crippen LogP contribution in [-0.4, -0.2) is 12.7 Å². The number of ether oxygens (including phenoxy) is 2. The Morgan fingerprint density at radius 2 is 0.535 bits per heavy atom. The first-order chi connectivity index (χ1) is 69.6. The highest BCUT2D eigenvalue weighted by molar-refractivity contribution is 9.10. The second-order valence-electron chi connectivity index (χ2n) is 37.9. The molecule has 0 fully saturated rings. The Morgan fingerprint density at radius 3 is 0.923 bits per heavy atom. The van der Waals surface area contributed by atoms with Crippen LogP contribution in [0.25, 0.3) is 90.0 Å². The van der Waals surface area contributed by atoms with Crippen LogP contribution in [0.4, 0.5) is 34.1 Å². The fourth-order valence-electron chi connectivity index (χ4n) is 22.1. The van der Waals surface area contributed by atoms with E-state index in [2.05, 4.69) is 522 Å². The summed E-state index contributed by atoms with van der Waals surface area (Å²) in [6, 6.07) is 174. The molecule has 0 bridgehead atoms. The van der Waals surface area contributed by atoms with Crippen molar-refractivity contribution in [2.24, 2.45) is 0 Å². The minimum absolute atomic E-state index is 0.0839. The highest BCUT2D eigenvalue weighted by Crippen LogP contribution is 2.61. The monoisotopic (exact) mass is 1890 g/mol. The van der Waals surface area contributed by atoms with Gasteiger partial charge in [0.05, 0.1) is 10.8 Å². The lowest BCUT2D eigenvalue weighted by atomic mass is 9.67. The van der Waals surface area contributed by atoms with Crippen LogP contribution in [0.3, 0.4) is 0 Å². The number of fused-ring (bicyclic) bond motifs is 12. The van der Waals surface area contributed by atoms with Crippen molar-refractivity contribution in [2.45, 2.75) is 62.6 Å². The van der Waals surface area contributed by atoms with Crippen LogP contribution in [0.5, 0.6) is 17.2 Å². The van der Waals surface area contributed by atoms with Crippen molar-refractivity contribution in [1.82, 2.24) is 0 Å². The molecule has 6 nitrogen and oxygen atoms in total. The molecule has 4 aliphatic rings. The van der Waals surface area contributed by atoms with Crippen LogP contribution in [0.2, 0.25) is 0 Å². The van der Waals surface area contributed by atoms with E-state index in [-0.39, 0.29) is 10.8 Å². The van der Waals surface area contributed by atoms with E-state index in [0.29, 0.717) is 26.6 Å². The summed E-state index contributed by atoms with van der Waals surface area (Å²) in [5.41, 5.74) is 42.7. The van der Waals surface area contributed by atoms with Crippen molar-refractivity contribution < 1.29 is 19.2 Å². The van der Waals surface area contributed by atoms with E-state index in [1.807, 2.05) is 42.5 Å². The topological polar surface area (TPSA) is 54.4 Å². The lowest BCUT2D eigenvalue weighted by Gasteiger charge is -2.34. The lowest BCUT2D eigenvalue weighted by molar-refractivity contribution is 0.306. The average molecular weight is 1900 g/mol. The fraction of sp³-hybridized carbons (Fsp3) is 0.0746. The Labute approximate surface area is 842 Å². The van der Waals surface area contributed by atoms with Crippen LogP contribution in [0.1, 0.15) is 117 Å². The van der Waals surface area contributed by atoms with Crippen molar-refractivity contribution in [1.29, 1.82) is 0 Å². The Kier molecular flexibility index (Phi) is 24.6. The number of rotatable bonds is 23. The number of anilines is 6. The molecule has 24 rings (SSSR count). The number of hydrogen-bond acceptors (Lipinski definition) is 6. The van der Waals surface area contributed by atoms with Gasteiger partial charge in [0.2, 0.25) is 0 Å². The van der Waals surface area contributed by atoms with Gasteiger partial charge >= 0.3 is 7.69 Å². The quantitative estimate of drug-likeness (QED) is 0.0644. The van der Waals surface area contributed by atoms with Gasteiger partial charge in [0.25, 0.3) is 0 Å². The predicted molar refractivity (Wildman–Crippen MR) is 593 cm³/mol. The highest BCUT2D eigenvalue weighted by Gasteiger charge is 2.49. The summed E-state index contributed by atoms with van der Waals surface area (Å²) in [6.45, 7) is 18.0. The van der Waals surface area contributed by atoms with E-state index in [1.165, 1.54) is 139 Å². The Balaban J connectivity index is 0.000000133. The van der Waals surface area contributed by atoms with Gasteiger partial charge in [0, 0.05) is 49.4 Å². The molecular weight excluding hydrogens is 1790 g/mol. The molecule has 142 heavy (non-hydrogen) atoms. The SMILES string of the molecule is C=Cc1ccc(COc2ccc(C3(c4ccccc4)c4ccccc4-c4ccc(-c5ccc(N(c6ccc(-c7ccccc7)cc6)c6ccc7c(c6)C(C)(C)c6ccccc6-7)cc5)cc43)cc2)cc1.C=Cc1ccc(COc2ccc(C3(c4ccccc4)c4ccccc4-c4ccc(Br)cc43)cc2)cc1.CC1(C)c2ccccc2-c2ccc(N(c3ccc(O[B]O)cc3)c3ccc(-c4ccccc4)cc3)cc21. The Morgan fingerprint density at radius 1 is 0.254 bits per heavy atom. The third kappa shape index (κ3) is 16.7. The Bertz CT molecular complexity index is 8020. The van der Waals surface area contributed by atoms with Gasteiger partial charge in [-0.1, -0.05) is 427 Å². The molecule has 0 spiro atoms. The normalized spacial score (nSPS) is 14.5. The summed E-state index contributed by atoms with van der Waals surface area (Å²) in [7, 11) is 0.704. The molecule has 1 radical (unpaired) electrons. The van der Waals surface area contributed by atoms with E-state index in [9.17, 15) is 0 Å². The first-order valence-corrected chi connectivity index (χ1v) is 49.3. The second kappa shape index (κ2) is 38.6. The van der Waals surface area contributed by atoms with E-state index in [1.54, 1.807) is 0 Å². The molecular formula is C134H103BBrN2O4. The zero-order valence-corrected chi connectivity index (χ0v) is 81.3. The Hall–Kier alpha value is -16.6. The van der Waals surface area contributed by atoms with E-state index in [0.717, 1.165) is 77.9 Å². The maximum absolute atomic E-state index is 9.03. The van der Waals surface area contributed by atoms with E-state index < -0.39 is 10.8 Å². The summed E-state index contributed by atoms with van der Waals surface area (Å²) in [5, 5.41) is 9.03. The van der Waals surface area contributed by atoms with Gasteiger partial charge in [-0.2, -0.15) is 0 Å². The largest absolute Gasteiger partial charge is 0.569 e. The predicted octanol–water partition coefficient (Wildman–Crippen LogP) is 34.5. The number of halogens is 1. The molecule has 0 amide bonds. The maximum Gasteiger partial charge on any atom is 0.569 e. The van der Waals surface area contributed by atoms with Crippen molar-refractivity contribution >= 4 is 69.9 Å². The number of benzene rings is 20. The minimum Gasteiger partial charge on any atom is -0.537 e.